The normalized spacial score (nSPS) is 19.5. The molecule has 5 nitrogen and oxygen atoms in total. The summed E-state index contributed by atoms with van der Waals surface area (Å²) >= 11 is 0. The van der Waals surface area contributed by atoms with E-state index in [1.165, 1.54) is 0 Å². The topological polar surface area (TPSA) is 49.3 Å². The molecular weight excluding hydrogens is 264 g/mol. The Morgan fingerprint density at radius 3 is 2.76 bits per heavy atom. The van der Waals surface area contributed by atoms with Crippen molar-refractivity contribution in [3.63, 3.8) is 0 Å². The Hall–Kier alpha value is -1.65. The Kier molecular flexibility index (Phi) is 4.08. The van der Waals surface area contributed by atoms with Crippen molar-refractivity contribution in [3.8, 4) is 0 Å². The van der Waals surface area contributed by atoms with Crippen LogP contribution in [0.1, 0.15) is 37.7 Å². The standard InChI is InChI=1S/C16H24N4O/c1-3-14-11-15(18-12(2)17-14)19-7-4-8-20(10-9-19)16(21)13-5-6-13/h11,13H,3-10H2,1-2H3. The molecule has 1 amide bonds. The second-order valence-corrected chi connectivity index (χ2v) is 6.06. The van der Waals surface area contributed by atoms with E-state index in [9.17, 15) is 4.79 Å². The molecular formula is C16H24N4O. The third-order valence-electron chi connectivity index (χ3n) is 4.30. The number of carbonyl (C=O) groups is 1. The number of anilines is 1. The molecule has 1 aromatic rings. The summed E-state index contributed by atoms with van der Waals surface area (Å²) in [5.41, 5.74) is 1.09. The molecule has 1 aliphatic carbocycles. The molecule has 0 spiro atoms. The molecule has 21 heavy (non-hydrogen) atoms. The molecule has 0 N–H and O–H groups in total. The van der Waals surface area contributed by atoms with Crippen LogP contribution in [0.3, 0.4) is 0 Å². The molecule has 1 aromatic heterocycles. The van der Waals surface area contributed by atoms with E-state index in [4.69, 9.17) is 0 Å². The number of hydrogen-bond acceptors (Lipinski definition) is 4. The van der Waals surface area contributed by atoms with Gasteiger partial charge >= 0.3 is 0 Å². The average molecular weight is 288 g/mol. The molecule has 1 aliphatic heterocycles. The van der Waals surface area contributed by atoms with Crippen molar-refractivity contribution in [3.05, 3.63) is 17.6 Å². The van der Waals surface area contributed by atoms with Crippen LogP contribution in [0.4, 0.5) is 5.82 Å². The van der Waals surface area contributed by atoms with Crippen molar-refractivity contribution in [2.75, 3.05) is 31.1 Å². The largest absolute Gasteiger partial charge is 0.355 e. The minimum Gasteiger partial charge on any atom is -0.355 e. The number of hydrogen-bond donors (Lipinski definition) is 0. The van der Waals surface area contributed by atoms with Crippen molar-refractivity contribution in [1.29, 1.82) is 0 Å². The number of carbonyl (C=O) groups excluding carboxylic acids is 1. The van der Waals surface area contributed by atoms with Crippen LogP contribution in [0, 0.1) is 12.8 Å². The third kappa shape index (κ3) is 3.34. The number of aryl methyl sites for hydroxylation is 2. The Labute approximate surface area is 126 Å². The van der Waals surface area contributed by atoms with E-state index in [1.807, 2.05) is 11.8 Å². The summed E-state index contributed by atoms with van der Waals surface area (Å²) in [5, 5.41) is 0. The first-order chi connectivity index (χ1) is 10.2. The summed E-state index contributed by atoms with van der Waals surface area (Å²) < 4.78 is 0. The third-order valence-corrected chi connectivity index (χ3v) is 4.30. The molecule has 114 valence electrons. The minimum atomic E-state index is 0.324. The molecule has 0 radical (unpaired) electrons. The Morgan fingerprint density at radius 1 is 1.24 bits per heavy atom. The van der Waals surface area contributed by atoms with Gasteiger partial charge in [-0.3, -0.25) is 4.79 Å². The lowest BCUT2D eigenvalue weighted by molar-refractivity contribution is -0.132. The molecule has 5 heteroatoms. The summed E-state index contributed by atoms with van der Waals surface area (Å²) in [7, 11) is 0. The number of rotatable bonds is 3. The predicted molar refractivity (Wildman–Crippen MR) is 82.3 cm³/mol. The summed E-state index contributed by atoms with van der Waals surface area (Å²) in [6.07, 6.45) is 4.12. The van der Waals surface area contributed by atoms with Crippen LogP contribution < -0.4 is 4.90 Å². The van der Waals surface area contributed by atoms with Gasteiger partial charge in [0, 0.05) is 43.9 Å². The summed E-state index contributed by atoms with van der Waals surface area (Å²) in [6.45, 7) is 7.61. The fraction of sp³-hybridized carbons (Fsp3) is 0.688. The second-order valence-electron chi connectivity index (χ2n) is 6.06. The van der Waals surface area contributed by atoms with E-state index in [-0.39, 0.29) is 0 Å². The average Bonchev–Trinajstić information content (AvgIpc) is 3.32. The van der Waals surface area contributed by atoms with Crippen LogP contribution >= 0.6 is 0 Å². The van der Waals surface area contributed by atoms with Crippen molar-refractivity contribution < 1.29 is 4.79 Å². The van der Waals surface area contributed by atoms with E-state index < -0.39 is 0 Å². The van der Waals surface area contributed by atoms with Crippen LogP contribution in [-0.2, 0) is 11.2 Å². The molecule has 0 unspecified atom stereocenters. The monoisotopic (exact) mass is 288 g/mol. The fourth-order valence-corrected chi connectivity index (χ4v) is 2.91. The molecule has 3 rings (SSSR count). The van der Waals surface area contributed by atoms with Gasteiger partial charge in [-0.25, -0.2) is 9.97 Å². The van der Waals surface area contributed by atoms with Crippen LogP contribution in [0.15, 0.2) is 6.07 Å². The van der Waals surface area contributed by atoms with E-state index in [2.05, 4.69) is 27.9 Å². The van der Waals surface area contributed by atoms with Crippen molar-refractivity contribution in [1.82, 2.24) is 14.9 Å². The van der Waals surface area contributed by atoms with Crippen LogP contribution in [-0.4, -0.2) is 47.0 Å². The first kappa shape index (κ1) is 14.3. The van der Waals surface area contributed by atoms with Gasteiger partial charge in [0.05, 0.1) is 0 Å². The maximum Gasteiger partial charge on any atom is 0.225 e. The van der Waals surface area contributed by atoms with Crippen LogP contribution in [0.5, 0.6) is 0 Å². The number of aromatic nitrogens is 2. The molecule has 0 atom stereocenters. The molecule has 0 aromatic carbocycles. The van der Waals surface area contributed by atoms with Gasteiger partial charge in [0.2, 0.25) is 5.91 Å². The quantitative estimate of drug-likeness (QED) is 0.851. The summed E-state index contributed by atoms with van der Waals surface area (Å²) in [5.74, 6) is 2.54. The van der Waals surface area contributed by atoms with Gasteiger partial charge < -0.3 is 9.80 Å². The molecule has 1 saturated carbocycles. The molecule has 2 aliphatic rings. The van der Waals surface area contributed by atoms with Gasteiger partial charge in [0.1, 0.15) is 11.6 Å². The molecule has 1 saturated heterocycles. The van der Waals surface area contributed by atoms with Gasteiger partial charge in [-0.1, -0.05) is 6.92 Å². The summed E-state index contributed by atoms with van der Waals surface area (Å²) in [6, 6.07) is 2.09. The maximum absolute atomic E-state index is 12.2. The van der Waals surface area contributed by atoms with Crippen molar-refractivity contribution >= 4 is 11.7 Å². The van der Waals surface area contributed by atoms with Gasteiger partial charge in [0.25, 0.3) is 0 Å². The highest BCUT2D eigenvalue weighted by molar-refractivity contribution is 5.81. The highest BCUT2D eigenvalue weighted by atomic mass is 16.2. The lowest BCUT2D eigenvalue weighted by Crippen LogP contribution is -2.36. The van der Waals surface area contributed by atoms with E-state index in [0.717, 1.165) is 69.2 Å². The highest BCUT2D eigenvalue weighted by Gasteiger charge is 2.34. The summed E-state index contributed by atoms with van der Waals surface area (Å²) in [4.78, 5) is 25.6. The first-order valence-corrected chi connectivity index (χ1v) is 8.05. The molecule has 2 fully saturated rings. The van der Waals surface area contributed by atoms with Crippen molar-refractivity contribution in [2.45, 2.75) is 39.5 Å². The Bertz CT molecular complexity index is 527. The molecule has 0 bridgehead atoms. The van der Waals surface area contributed by atoms with Crippen LogP contribution in [0.2, 0.25) is 0 Å². The Balaban J connectivity index is 1.69. The van der Waals surface area contributed by atoms with E-state index in [0.29, 0.717) is 11.8 Å². The predicted octanol–water partition coefficient (Wildman–Crippen LogP) is 1.80. The van der Waals surface area contributed by atoms with Gasteiger partial charge in [-0.15, -0.1) is 0 Å². The second kappa shape index (κ2) is 6.00. The van der Waals surface area contributed by atoms with E-state index >= 15 is 0 Å². The van der Waals surface area contributed by atoms with Crippen molar-refractivity contribution in [2.24, 2.45) is 5.92 Å². The molecule has 2 heterocycles. The van der Waals surface area contributed by atoms with Gasteiger partial charge in [-0.05, 0) is 32.6 Å². The fourth-order valence-electron chi connectivity index (χ4n) is 2.91. The zero-order chi connectivity index (χ0) is 14.8. The maximum atomic E-state index is 12.2. The lowest BCUT2D eigenvalue weighted by atomic mass is 10.3. The smallest absolute Gasteiger partial charge is 0.225 e. The zero-order valence-electron chi connectivity index (χ0n) is 13.0. The number of amides is 1. The first-order valence-electron chi connectivity index (χ1n) is 8.05. The van der Waals surface area contributed by atoms with Gasteiger partial charge in [-0.2, -0.15) is 0 Å². The van der Waals surface area contributed by atoms with Crippen LogP contribution in [0.25, 0.3) is 0 Å². The Morgan fingerprint density at radius 2 is 2.05 bits per heavy atom. The SMILES string of the molecule is CCc1cc(N2CCCN(C(=O)C3CC3)CC2)nc(C)n1. The zero-order valence-corrected chi connectivity index (χ0v) is 13.0. The lowest BCUT2D eigenvalue weighted by Gasteiger charge is -2.23. The van der Waals surface area contributed by atoms with Gasteiger partial charge in [0.15, 0.2) is 0 Å². The number of nitrogens with zero attached hydrogens (tertiary/aromatic N) is 4. The minimum absolute atomic E-state index is 0.324. The highest BCUT2D eigenvalue weighted by Crippen LogP contribution is 2.31. The van der Waals surface area contributed by atoms with E-state index in [1.54, 1.807) is 0 Å².